The van der Waals surface area contributed by atoms with Gasteiger partial charge in [0.05, 0.1) is 12.7 Å². The third-order valence-electron chi connectivity index (χ3n) is 7.61. The van der Waals surface area contributed by atoms with Crippen LogP contribution in [0.2, 0.25) is 0 Å². The lowest BCUT2D eigenvalue weighted by Crippen LogP contribution is -2.55. The number of hydrogen-bond donors (Lipinski definition) is 3. The Morgan fingerprint density at radius 1 is 0.875 bits per heavy atom. The first-order valence-electron chi connectivity index (χ1n) is 13.7. The molecule has 3 N–H and O–H groups in total. The molecule has 3 aromatic carbocycles. The maximum atomic E-state index is 13.2. The van der Waals surface area contributed by atoms with E-state index in [0.29, 0.717) is 12.3 Å². The molecule has 2 aliphatic carbocycles. The number of carbonyl (C=O) groups is 3. The van der Waals surface area contributed by atoms with E-state index in [1.54, 1.807) is 6.92 Å². The molecular weight excluding hydrogens is 508 g/mol. The summed E-state index contributed by atoms with van der Waals surface area (Å²) in [6.45, 7) is 1.95. The van der Waals surface area contributed by atoms with Crippen LogP contribution < -0.4 is 10.6 Å². The van der Waals surface area contributed by atoms with Crippen molar-refractivity contribution in [3.63, 3.8) is 0 Å². The fourth-order valence-electron chi connectivity index (χ4n) is 5.23. The maximum absolute atomic E-state index is 13.2. The summed E-state index contributed by atoms with van der Waals surface area (Å²) in [6, 6.07) is 23.3. The van der Waals surface area contributed by atoms with Crippen molar-refractivity contribution < 1.29 is 29.0 Å². The van der Waals surface area contributed by atoms with Gasteiger partial charge in [0.2, 0.25) is 5.91 Å². The van der Waals surface area contributed by atoms with Gasteiger partial charge in [-0.15, -0.1) is 0 Å². The summed E-state index contributed by atoms with van der Waals surface area (Å²) in [5, 5.41) is 15.1. The number of ether oxygens (including phenoxy) is 2. The molecule has 0 saturated heterocycles. The Labute approximate surface area is 233 Å². The van der Waals surface area contributed by atoms with Gasteiger partial charge >= 0.3 is 12.1 Å². The molecule has 208 valence electrons. The van der Waals surface area contributed by atoms with E-state index < -0.39 is 36.2 Å². The molecule has 1 fully saturated rings. The first kappa shape index (κ1) is 27.4. The Morgan fingerprint density at radius 3 is 2.08 bits per heavy atom. The molecule has 0 bridgehead atoms. The highest BCUT2D eigenvalue weighted by Gasteiger charge is 2.35. The van der Waals surface area contributed by atoms with E-state index in [-0.39, 0.29) is 19.1 Å². The van der Waals surface area contributed by atoms with E-state index in [9.17, 15) is 19.5 Å². The Hall–Kier alpha value is -4.17. The second-order valence-corrected chi connectivity index (χ2v) is 10.5. The smallest absolute Gasteiger partial charge is 0.407 e. The fraction of sp³-hybridized carbons (Fsp3) is 0.344. The highest BCUT2D eigenvalue weighted by molar-refractivity contribution is 5.89. The minimum Gasteiger partial charge on any atom is -0.480 e. The number of carboxylic acids is 1. The molecule has 0 radical (unpaired) electrons. The normalized spacial score (nSPS) is 16.2. The largest absolute Gasteiger partial charge is 0.480 e. The number of nitrogens with one attached hydrogen (secondary N) is 2. The van der Waals surface area contributed by atoms with Crippen molar-refractivity contribution in [3.8, 4) is 11.1 Å². The zero-order valence-electron chi connectivity index (χ0n) is 22.4. The van der Waals surface area contributed by atoms with Gasteiger partial charge in [0.1, 0.15) is 12.6 Å². The van der Waals surface area contributed by atoms with Crippen molar-refractivity contribution in [1.29, 1.82) is 0 Å². The lowest BCUT2D eigenvalue weighted by Gasteiger charge is -2.25. The second kappa shape index (κ2) is 12.3. The minimum absolute atomic E-state index is 0.104. The van der Waals surface area contributed by atoms with Gasteiger partial charge in [0.15, 0.2) is 6.04 Å². The quantitative estimate of drug-likeness (QED) is 0.301. The van der Waals surface area contributed by atoms with Crippen molar-refractivity contribution in [3.05, 3.63) is 95.6 Å². The molecule has 1 saturated carbocycles. The van der Waals surface area contributed by atoms with Crippen LogP contribution in [-0.2, 0) is 25.7 Å². The Balaban J connectivity index is 1.20. The number of amides is 2. The summed E-state index contributed by atoms with van der Waals surface area (Å²) in [6.07, 6.45) is 0.854. The van der Waals surface area contributed by atoms with Crippen LogP contribution in [-0.4, -0.2) is 47.9 Å². The molecule has 40 heavy (non-hydrogen) atoms. The van der Waals surface area contributed by atoms with E-state index in [2.05, 4.69) is 22.8 Å². The molecule has 2 amide bonds. The summed E-state index contributed by atoms with van der Waals surface area (Å²) in [5.41, 5.74) is 5.34. The van der Waals surface area contributed by atoms with Gasteiger partial charge in [-0.2, -0.15) is 0 Å². The highest BCUT2D eigenvalue weighted by atomic mass is 16.5. The molecule has 0 heterocycles. The SMILES string of the molecule is CC(OCc1ccccc1)C(NC(=O)C(CC1CC1)NC(=O)OCC1c2ccccc2-c2ccccc21)C(=O)O. The molecule has 3 atom stereocenters. The van der Waals surface area contributed by atoms with Crippen LogP contribution in [0.5, 0.6) is 0 Å². The predicted molar refractivity (Wildman–Crippen MR) is 150 cm³/mol. The zero-order chi connectivity index (χ0) is 28.1. The first-order chi connectivity index (χ1) is 19.4. The highest BCUT2D eigenvalue weighted by Crippen LogP contribution is 2.44. The summed E-state index contributed by atoms with van der Waals surface area (Å²) in [4.78, 5) is 38.1. The number of carbonyl (C=O) groups excluding carboxylic acids is 2. The molecule has 8 nitrogen and oxygen atoms in total. The number of alkyl carbamates (subject to hydrolysis) is 1. The minimum atomic E-state index is -1.28. The third-order valence-corrected chi connectivity index (χ3v) is 7.61. The van der Waals surface area contributed by atoms with Crippen molar-refractivity contribution in [1.82, 2.24) is 10.6 Å². The molecule has 3 unspecified atom stereocenters. The monoisotopic (exact) mass is 542 g/mol. The molecule has 5 rings (SSSR count). The van der Waals surface area contributed by atoms with Gasteiger partial charge in [-0.05, 0) is 47.1 Å². The van der Waals surface area contributed by atoms with Crippen LogP contribution in [0.15, 0.2) is 78.9 Å². The van der Waals surface area contributed by atoms with Gasteiger partial charge in [0, 0.05) is 5.92 Å². The van der Waals surface area contributed by atoms with Crippen molar-refractivity contribution >= 4 is 18.0 Å². The maximum Gasteiger partial charge on any atom is 0.407 e. The average molecular weight is 543 g/mol. The van der Waals surface area contributed by atoms with Crippen LogP contribution >= 0.6 is 0 Å². The summed E-state index contributed by atoms with van der Waals surface area (Å²) in [7, 11) is 0. The standard InChI is InChI=1S/C32H34N2O6/c1-20(39-18-22-9-3-2-4-10-22)29(31(36)37)34-30(35)28(17-21-15-16-21)33-32(38)40-19-27-25-13-7-5-11-23(25)24-12-6-8-14-26(24)27/h2-14,20-21,27-29H,15-19H2,1H3,(H,33,38)(H,34,35)(H,36,37). The van der Waals surface area contributed by atoms with E-state index in [1.165, 1.54) is 0 Å². The summed E-state index contributed by atoms with van der Waals surface area (Å²) in [5.74, 6) is -1.57. The molecule has 2 aliphatic rings. The second-order valence-electron chi connectivity index (χ2n) is 10.5. The van der Waals surface area contributed by atoms with Crippen LogP contribution in [0.4, 0.5) is 4.79 Å². The summed E-state index contributed by atoms with van der Waals surface area (Å²) < 4.78 is 11.4. The molecule has 8 heteroatoms. The van der Waals surface area contributed by atoms with Crippen LogP contribution in [0, 0.1) is 5.92 Å². The molecule has 0 spiro atoms. The zero-order valence-corrected chi connectivity index (χ0v) is 22.4. The number of rotatable bonds is 12. The van der Waals surface area contributed by atoms with Crippen LogP contribution in [0.1, 0.15) is 48.8 Å². The third kappa shape index (κ3) is 6.51. The van der Waals surface area contributed by atoms with Gasteiger partial charge in [-0.3, -0.25) is 4.79 Å². The number of aliphatic carboxylic acids is 1. The Bertz CT molecular complexity index is 1310. The van der Waals surface area contributed by atoms with Gasteiger partial charge < -0.3 is 25.2 Å². The van der Waals surface area contributed by atoms with E-state index in [1.807, 2.05) is 66.7 Å². The van der Waals surface area contributed by atoms with Gasteiger partial charge in [-0.1, -0.05) is 91.7 Å². The molecular formula is C32H34N2O6. The van der Waals surface area contributed by atoms with Crippen LogP contribution in [0.25, 0.3) is 11.1 Å². The summed E-state index contributed by atoms with van der Waals surface area (Å²) >= 11 is 0. The topological polar surface area (TPSA) is 114 Å². The van der Waals surface area contributed by atoms with E-state index in [0.717, 1.165) is 40.7 Å². The van der Waals surface area contributed by atoms with Crippen molar-refractivity contribution in [2.75, 3.05) is 6.61 Å². The van der Waals surface area contributed by atoms with Crippen molar-refractivity contribution in [2.45, 2.75) is 56.9 Å². The molecule has 0 aromatic heterocycles. The Kier molecular flexibility index (Phi) is 8.45. The predicted octanol–water partition coefficient (Wildman–Crippen LogP) is 4.87. The van der Waals surface area contributed by atoms with E-state index >= 15 is 0 Å². The molecule has 0 aliphatic heterocycles. The number of benzene rings is 3. The number of hydrogen-bond acceptors (Lipinski definition) is 5. The lowest BCUT2D eigenvalue weighted by molar-refractivity contribution is -0.146. The Morgan fingerprint density at radius 2 is 1.48 bits per heavy atom. The van der Waals surface area contributed by atoms with Gasteiger partial charge in [-0.25, -0.2) is 9.59 Å². The fourth-order valence-corrected chi connectivity index (χ4v) is 5.23. The number of fused-ring (bicyclic) bond motifs is 3. The van der Waals surface area contributed by atoms with Crippen molar-refractivity contribution in [2.24, 2.45) is 5.92 Å². The van der Waals surface area contributed by atoms with Crippen LogP contribution in [0.3, 0.4) is 0 Å². The first-order valence-corrected chi connectivity index (χ1v) is 13.7. The average Bonchev–Trinajstić information content (AvgIpc) is 3.73. The van der Waals surface area contributed by atoms with E-state index in [4.69, 9.17) is 9.47 Å². The number of carboxylic acid groups (broad SMARTS) is 1. The molecule has 3 aromatic rings. The lowest BCUT2D eigenvalue weighted by atomic mass is 9.98. The van der Waals surface area contributed by atoms with Gasteiger partial charge in [0.25, 0.3) is 0 Å².